The fourth-order valence-electron chi connectivity index (χ4n) is 3.52. The SMILES string of the molecule is Cc1nc2ccccc2n1CCCNC(=O)C1Cc2ccccc2C(=O)O1. The van der Waals surface area contributed by atoms with Gasteiger partial charge < -0.3 is 14.6 Å². The molecule has 0 saturated carbocycles. The number of para-hydroxylation sites is 2. The minimum Gasteiger partial charge on any atom is -0.448 e. The molecule has 0 fully saturated rings. The number of hydrogen-bond acceptors (Lipinski definition) is 4. The quantitative estimate of drug-likeness (QED) is 0.559. The lowest BCUT2D eigenvalue weighted by molar-refractivity contribution is -0.130. The van der Waals surface area contributed by atoms with Gasteiger partial charge in [0.25, 0.3) is 5.91 Å². The Kier molecular flexibility index (Phi) is 4.62. The van der Waals surface area contributed by atoms with E-state index >= 15 is 0 Å². The van der Waals surface area contributed by atoms with E-state index in [1.807, 2.05) is 43.3 Å². The summed E-state index contributed by atoms with van der Waals surface area (Å²) in [5, 5.41) is 2.88. The number of ether oxygens (including phenoxy) is 1. The average Bonchev–Trinajstić information content (AvgIpc) is 3.00. The van der Waals surface area contributed by atoms with Crippen LogP contribution in [0.25, 0.3) is 11.0 Å². The van der Waals surface area contributed by atoms with Crippen LogP contribution in [-0.2, 0) is 22.5 Å². The summed E-state index contributed by atoms with van der Waals surface area (Å²) in [4.78, 5) is 29.0. The zero-order valence-electron chi connectivity index (χ0n) is 15.1. The molecular formula is C21H21N3O3. The first-order valence-electron chi connectivity index (χ1n) is 9.12. The number of carbonyl (C=O) groups excluding carboxylic acids is 2. The van der Waals surface area contributed by atoms with Crippen LogP contribution < -0.4 is 5.32 Å². The van der Waals surface area contributed by atoms with Crippen LogP contribution in [0.4, 0.5) is 0 Å². The van der Waals surface area contributed by atoms with E-state index in [9.17, 15) is 9.59 Å². The number of aryl methyl sites for hydroxylation is 2. The van der Waals surface area contributed by atoms with Gasteiger partial charge in [0, 0.05) is 19.5 Å². The number of esters is 1. The molecule has 6 nitrogen and oxygen atoms in total. The van der Waals surface area contributed by atoms with Crippen molar-refractivity contribution in [3.8, 4) is 0 Å². The van der Waals surface area contributed by atoms with Gasteiger partial charge in [0.1, 0.15) is 5.82 Å². The van der Waals surface area contributed by atoms with E-state index in [0.29, 0.717) is 18.5 Å². The molecule has 0 saturated heterocycles. The highest BCUT2D eigenvalue weighted by Gasteiger charge is 2.30. The number of amides is 1. The first kappa shape index (κ1) is 17.3. The van der Waals surface area contributed by atoms with Crippen molar-refractivity contribution in [2.75, 3.05) is 6.54 Å². The Labute approximate surface area is 157 Å². The summed E-state index contributed by atoms with van der Waals surface area (Å²) in [5.74, 6) is 0.280. The third-order valence-corrected chi connectivity index (χ3v) is 4.89. The van der Waals surface area contributed by atoms with Gasteiger partial charge in [-0.15, -0.1) is 0 Å². The van der Waals surface area contributed by atoms with E-state index in [1.54, 1.807) is 12.1 Å². The molecule has 0 spiro atoms. The van der Waals surface area contributed by atoms with Crippen LogP contribution >= 0.6 is 0 Å². The molecule has 4 rings (SSSR count). The lowest BCUT2D eigenvalue weighted by atomic mass is 9.98. The summed E-state index contributed by atoms with van der Waals surface area (Å²) in [6, 6.07) is 15.3. The number of rotatable bonds is 5. The number of nitrogens with one attached hydrogen (secondary N) is 1. The van der Waals surface area contributed by atoms with Crippen molar-refractivity contribution >= 4 is 22.9 Å². The molecule has 0 aliphatic carbocycles. The minimum absolute atomic E-state index is 0.245. The first-order valence-corrected chi connectivity index (χ1v) is 9.12. The monoisotopic (exact) mass is 363 g/mol. The summed E-state index contributed by atoms with van der Waals surface area (Å²) in [5.41, 5.74) is 3.48. The van der Waals surface area contributed by atoms with Gasteiger partial charge in [-0.3, -0.25) is 4.79 Å². The highest BCUT2D eigenvalue weighted by Crippen LogP contribution is 2.20. The molecule has 0 bridgehead atoms. The number of hydrogen-bond donors (Lipinski definition) is 1. The van der Waals surface area contributed by atoms with Crippen LogP contribution in [-0.4, -0.2) is 34.1 Å². The minimum atomic E-state index is -0.761. The lowest BCUT2D eigenvalue weighted by Crippen LogP contribution is -2.42. The molecular weight excluding hydrogens is 342 g/mol. The fourth-order valence-corrected chi connectivity index (χ4v) is 3.52. The maximum Gasteiger partial charge on any atom is 0.339 e. The van der Waals surface area contributed by atoms with Crippen LogP contribution in [0.3, 0.4) is 0 Å². The Bertz CT molecular complexity index is 1010. The molecule has 1 aliphatic heterocycles. The van der Waals surface area contributed by atoms with Crippen molar-refractivity contribution in [1.82, 2.24) is 14.9 Å². The van der Waals surface area contributed by atoms with E-state index < -0.39 is 12.1 Å². The van der Waals surface area contributed by atoms with Gasteiger partial charge in [-0.2, -0.15) is 0 Å². The molecule has 2 heterocycles. The van der Waals surface area contributed by atoms with E-state index in [0.717, 1.165) is 35.4 Å². The highest BCUT2D eigenvalue weighted by atomic mass is 16.5. The maximum absolute atomic E-state index is 12.4. The van der Waals surface area contributed by atoms with E-state index in [4.69, 9.17) is 4.74 Å². The summed E-state index contributed by atoms with van der Waals surface area (Å²) in [6.07, 6.45) is 0.423. The predicted octanol–water partition coefficient (Wildman–Crippen LogP) is 2.63. The molecule has 1 atom stereocenters. The van der Waals surface area contributed by atoms with Crippen LogP contribution in [0.5, 0.6) is 0 Å². The zero-order valence-corrected chi connectivity index (χ0v) is 15.1. The van der Waals surface area contributed by atoms with Crippen LogP contribution in [0, 0.1) is 6.92 Å². The number of cyclic esters (lactones) is 1. The smallest absolute Gasteiger partial charge is 0.339 e. The van der Waals surface area contributed by atoms with Crippen molar-refractivity contribution in [3.05, 3.63) is 65.5 Å². The summed E-state index contributed by atoms with van der Waals surface area (Å²) in [7, 11) is 0. The summed E-state index contributed by atoms with van der Waals surface area (Å²) >= 11 is 0. The predicted molar refractivity (Wildman–Crippen MR) is 101 cm³/mol. The third-order valence-electron chi connectivity index (χ3n) is 4.89. The van der Waals surface area contributed by atoms with Crippen molar-refractivity contribution in [2.24, 2.45) is 0 Å². The van der Waals surface area contributed by atoms with Gasteiger partial charge in [0.15, 0.2) is 6.10 Å². The fraction of sp³-hybridized carbons (Fsp3) is 0.286. The van der Waals surface area contributed by atoms with E-state index in [-0.39, 0.29) is 5.91 Å². The van der Waals surface area contributed by atoms with Gasteiger partial charge >= 0.3 is 5.97 Å². The summed E-state index contributed by atoms with van der Waals surface area (Å²) < 4.78 is 7.44. The maximum atomic E-state index is 12.4. The Morgan fingerprint density at radius 3 is 2.89 bits per heavy atom. The van der Waals surface area contributed by atoms with E-state index in [2.05, 4.69) is 14.9 Å². The number of aromatic nitrogens is 2. The molecule has 1 amide bonds. The second-order valence-corrected chi connectivity index (χ2v) is 6.70. The van der Waals surface area contributed by atoms with E-state index in [1.165, 1.54) is 0 Å². The molecule has 3 aromatic rings. The molecule has 6 heteroatoms. The van der Waals surface area contributed by atoms with Crippen molar-refractivity contribution < 1.29 is 14.3 Å². The van der Waals surface area contributed by atoms with Gasteiger partial charge in [-0.05, 0) is 37.1 Å². The Morgan fingerprint density at radius 2 is 2.00 bits per heavy atom. The van der Waals surface area contributed by atoms with Gasteiger partial charge in [-0.25, -0.2) is 9.78 Å². The van der Waals surface area contributed by atoms with Crippen LogP contribution in [0.2, 0.25) is 0 Å². The number of carbonyl (C=O) groups is 2. The van der Waals surface area contributed by atoms with Crippen molar-refractivity contribution in [2.45, 2.75) is 32.4 Å². The number of nitrogens with zero attached hydrogens (tertiary/aromatic N) is 2. The van der Waals surface area contributed by atoms with Crippen molar-refractivity contribution in [3.63, 3.8) is 0 Å². The molecule has 1 unspecified atom stereocenters. The lowest BCUT2D eigenvalue weighted by Gasteiger charge is -2.23. The average molecular weight is 363 g/mol. The Hall–Kier alpha value is -3.15. The molecule has 2 aromatic carbocycles. The van der Waals surface area contributed by atoms with Crippen LogP contribution in [0.1, 0.15) is 28.2 Å². The highest BCUT2D eigenvalue weighted by molar-refractivity contribution is 5.95. The second kappa shape index (κ2) is 7.23. The molecule has 1 N–H and O–H groups in total. The van der Waals surface area contributed by atoms with Gasteiger partial charge in [0.2, 0.25) is 0 Å². The van der Waals surface area contributed by atoms with Gasteiger partial charge in [-0.1, -0.05) is 30.3 Å². The number of benzene rings is 2. The first-order chi connectivity index (χ1) is 13.1. The largest absolute Gasteiger partial charge is 0.448 e. The van der Waals surface area contributed by atoms with Crippen LogP contribution in [0.15, 0.2) is 48.5 Å². The molecule has 1 aromatic heterocycles. The molecule has 0 radical (unpaired) electrons. The molecule has 27 heavy (non-hydrogen) atoms. The summed E-state index contributed by atoms with van der Waals surface area (Å²) in [6.45, 7) is 3.26. The standard InChI is InChI=1S/C21H21N3O3/c1-14-23-17-9-4-5-10-18(17)24(14)12-6-11-22-20(25)19-13-15-7-2-3-8-16(15)21(26)27-19/h2-5,7-10,19H,6,11-13H2,1H3,(H,22,25). The molecule has 138 valence electrons. The second-order valence-electron chi connectivity index (χ2n) is 6.70. The normalized spacial score (nSPS) is 16.0. The third kappa shape index (κ3) is 3.43. The Balaban J connectivity index is 1.33. The topological polar surface area (TPSA) is 73.2 Å². The number of fused-ring (bicyclic) bond motifs is 2. The zero-order chi connectivity index (χ0) is 18.8. The molecule has 1 aliphatic rings. The Morgan fingerprint density at radius 1 is 1.22 bits per heavy atom. The number of imidazole rings is 1. The van der Waals surface area contributed by atoms with Crippen molar-refractivity contribution in [1.29, 1.82) is 0 Å². The van der Waals surface area contributed by atoms with Gasteiger partial charge in [0.05, 0.1) is 16.6 Å².